The number of hydrogen-bond donors (Lipinski definition) is 4. The molecule has 1 aromatic carbocycles. The Morgan fingerprint density at radius 1 is 0.857 bits per heavy atom. The lowest BCUT2D eigenvalue weighted by Crippen LogP contribution is -2.46. The smallest absolute Gasteiger partial charge is 0.475 e. The van der Waals surface area contributed by atoms with Crippen molar-refractivity contribution in [2.24, 2.45) is 0 Å². The van der Waals surface area contributed by atoms with Crippen molar-refractivity contribution in [1.29, 1.82) is 0 Å². The number of hydrogen-bond acceptors (Lipinski definition) is 12. The van der Waals surface area contributed by atoms with Crippen molar-refractivity contribution in [1.82, 2.24) is 19.9 Å². The van der Waals surface area contributed by atoms with Crippen LogP contribution in [0.2, 0.25) is 0 Å². The molecule has 5 aromatic rings. The molecule has 5 heterocycles. The lowest BCUT2D eigenvalue weighted by molar-refractivity contribution is -0.193. The predicted molar refractivity (Wildman–Crippen MR) is 212 cm³/mol. The zero-order valence-electron chi connectivity index (χ0n) is 32.7. The van der Waals surface area contributed by atoms with Crippen LogP contribution >= 0.6 is 22.7 Å². The van der Waals surface area contributed by atoms with E-state index in [9.17, 15) is 47.9 Å². The molecule has 1 fully saturated rings. The van der Waals surface area contributed by atoms with Gasteiger partial charge in [0.25, 0.3) is 10.0 Å². The lowest BCUT2D eigenvalue weighted by atomic mass is 10.2. The van der Waals surface area contributed by atoms with Crippen LogP contribution in [-0.2, 0) is 35.7 Å². The third-order valence-corrected chi connectivity index (χ3v) is 12.2. The molecule has 4 aromatic heterocycles. The Kier molecular flexibility index (Phi) is 18.3. The van der Waals surface area contributed by atoms with Crippen LogP contribution in [0.4, 0.5) is 51.0 Å². The molecule has 346 valence electrons. The molecule has 0 saturated carbocycles. The third-order valence-electron chi connectivity index (χ3n) is 8.05. The minimum absolute atomic E-state index is 0.218. The number of aromatic amines is 1. The number of aryl methyl sites for hydroxylation is 1. The molecule has 15 nitrogen and oxygen atoms in total. The van der Waals surface area contributed by atoms with Gasteiger partial charge in [-0.05, 0) is 49.6 Å². The molecule has 1 aliphatic rings. The van der Waals surface area contributed by atoms with Gasteiger partial charge in [-0.2, -0.15) is 39.5 Å². The van der Waals surface area contributed by atoms with Gasteiger partial charge in [0.15, 0.2) is 0 Å². The molecule has 0 spiro atoms. The highest BCUT2D eigenvalue weighted by Gasteiger charge is 2.39. The number of aromatic nitrogens is 3. The number of sulfonamides is 1. The molecule has 0 unspecified atom stereocenters. The third kappa shape index (κ3) is 15.7. The highest BCUT2D eigenvalue weighted by Crippen LogP contribution is 2.36. The van der Waals surface area contributed by atoms with E-state index < -0.39 is 46.5 Å². The molecule has 0 atom stereocenters. The van der Waals surface area contributed by atoms with Gasteiger partial charge in [-0.25, -0.2) is 32.8 Å². The van der Waals surface area contributed by atoms with Crippen molar-refractivity contribution in [2.45, 2.75) is 43.1 Å². The number of nitrogens with one attached hydrogen (secondary N) is 1. The average molecular weight is 965 g/mol. The summed E-state index contributed by atoms with van der Waals surface area (Å²) in [5.41, 5.74) is 3.28. The summed E-state index contributed by atoms with van der Waals surface area (Å²) in [6, 6.07) is 17.4. The van der Waals surface area contributed by atoms with Crippen molar-refractivity contribution < 1.29 is 82.4 Å². The number of fused-ring (bicyclic) bond motifs is 1. The van der Waals surface area contributed by atoms with Crippen LogP contribution in [0.1, 0.15) is 17.5 Å². The number of aliphatic carboxylic acids is 3. The fraction of sp³-hybridized carbons (Fsp3) is 0.361. The van der Waals surface area contributed by atoms with Crippen molar-refractivity contribution in [2.75, 3.05) is 55.1 Å². The van der Waals surface area contributed by atoms with Gasteiger partial charge in [0.1, 0.15) is 15.0 Å². The van der Waals surface area contributed by atoms with Gasteiger partial charge >= 0.3 is 36.4 Å². The number of ether oxygens (including phenoxy) is 1. The van der Waals surface area contributed by atoms with Gasteiger partial charge in [0.05, 0.1) is 30.0 Å². The molecule has 1 aliphatic heterocycles. The predicted octanol–water partition coefficient (Wildman–Crippen LogP) is 7.51. The number of nitrogens with zero attached hydrogens (tertiary/aromatic N) is 5. The van der Waals surface area contributed by atoms with Crippen molar-refractivity contribution in [3.05, 3.63) is 76.7 Å². The number of carboxylic acid groups (broad SMARTS) is 3. The Morgan fingerprint density at radius 3 is 1.94 bits per heavy atom. The monoisotopic (exact) mass is 964 g/mol. The Labute approximate surface area is 360 Å². The number of piperazine rings is 1. The van der Waals surface area contributed by atoms with Crippen LogP contribution in [0.3, 0.4) is 0 Å². The zero-order valence-corrected chi connectivity index (χ0v) is 35.1. The molecule has 27 heteroatoms. The van der Waals surface area contributed by atoms with E-state index in [1.165, 1.54) is 20.5 Å². The first kappa shape index (κ1) is 51.8. The maximum atomic E-state index is 13.7. The second kappa shape index (κ2) is 22.2. The van der Waals surface area contributed by atoms with Crippen LogP contribution in [0.15, 0.2) is 70.4 Å². The van der Waals surface area contributed by atoms with E-state index in [-0.39, 0.29) is 6.54 Å². The number of halogens is 9. The standard InChI is InChI=1S/C30H34N6O3S3.3C2HF3O2/c1-3-39-17-16-36(42(37,38)28-11-6-18-40-28)26-9-5-8-23-19-25(33-29(23)26)30-31-20-24(41-30)21-34-12-14-35(15-13-34)27-10-4-7-22(2)32-27;3*3-2(4,5)1(6)7/h4-11,18-20,33H,3,12-17,21H2,1-2H3;3*(H,6,7). The summed E-state index contributed by atoms with van der Waals surface area (Å²) in [7, 11) is -3.75. The molecule has 6 rings (SSSR count). The second-order valence-corrected chi connectivity index (χ2v) is 16.7. The highest BCUT2D eigenvalue weighted by atomic mass is 32.2. The Hall–Kier alpha value is -5.51. The molecule has 1 saturated heterocycles. The van der Waals surface area contributed by atoms with E-state index in [0.717, 1.165) is 65.8 Å². The summed E-state index contributed by atoms with van der Waals surface area (Å²) in [6.45, 7) is 9.65. The van der Waals surface area contributed by atoms with E-state index in [4.69, 9.17) is 39.4 Å². The number of anilines is 2. The normalized spacial score (nSPS) is 13.5. The molecule has 4 N–H and O–H groups in total. The van der Waals surface area contributed by atoms with Crippen LogP contribution < -0.4 is 9.21 Å². The SMILES string of the molecule is CCOCCN(c1cccc2cc(-c3ncc(CN4CCN(c5cccc(C)n5)CC4)s3)[nH]c12)S(=O)(=O)c1cccs1.O=C(O)C(F)(F)F.O=C(O)C(F)(F)F.O=C(O)C(F)(F)F. The molecule has 0 radical (unpaired) electrons. The number of benzene rings is 1. The minimum atomic E-state index is -5.08. The van der Waals surface area contributed by atoms with Gasteiger partial charge in [-0.3, -0.25) is 9.21 Å². The Bertz CT molecular complexity index is 2320. The number of H-pyrrole nitrogens is 1. The number of para-hydroxylation sites is 1. The van der Waals surface area contributed by atoms with Gasteiger partial charge < -0.3 is 29.9 Å². The maximum Gasteiger partial charge on any atom is 0.490 e. The first-order valence-electron chi connectivity index (χ1n) is 17.8. The zero-order chi connectivity index (χ0) is 47.3. The molecule has 0 amide bonds. The van der Waals surface area contributed by atoms with Crippen LogP contribution in [0.25, 0.3) is 21.6 Å². The summed E-state index contributed by atoms with van der Waals surface area (Å²) in [4.78, 5) is 45.6. The summed E-state index contributed by atoms with van der Waals surface area (Å²) < 4.78 is 130. The number of thiazole rings is 1. The van der Waals surface area contributed by atoms with Crippen LogP contribution in [-0.4, -0.2) is 126 Å². The van der Waals surface area contributed by atoms with Crippen molar-refractivity contribution in [3.63, 3.8) is 0 Å². The number of rotatable bonds is 11. The van der Waals surface area contributed by atoms with Gasteiger partial charge in [0.2, 0.25) is 0 Å². The number of carbonyl (C=O) groups is 3. The van der Waals surface area contributed by atoms with Crippen molar-refractivity contribution in [3.8, 4) is 10.7 Å². The maximum absolute atomic E-state index is 13.7. The van der Waals surface area contributed by atoms with E-state index in [1.807, 2.05) is 50.4 Å². The molecule has 0 aliphatic carbocycles. The number of carboxylic acids is 3. The fourth-order valence-electron chi connectivity index (χ4n) is 5.21. The molecular formula is C36H37F9N6O9S3. The van der Waals surface area contributed by atoms with Gasteiger partial charge in [0, 0.05) is 61.5 Å². The Morgan fingerprint density at radius 2 is 1.43 bits per heavy atom. The van der Waals surface area contributed by atoms with E-state index >= 15 is 0 Å². The molecular weight excluding hydrogens is 928 g/mol. The Balaban J connectivity index is 0.000000416. The summed E-state index contributed by atoms with van der Waals surface area (Å²) >= 11 is 2.89. The van der Waals surface area contributed by atoms with Crippen LogP contribution in [0.5, 0.6) is 0 Å². The summed E-state index contributed by atoms with van der Waals surface area (Å²) in [6.07, 6.45) is -13.3. The first-order chi connectivity index (χ1) is 29.2. The average Bonchev–Trinajstić information content (AvgIpc) is 3.99. The van der Waals surface area contributed by atoms with Crippen molar-refractivity contribution >= 4 is 73.0 Å². The molecule has 63 heavy (non-hydrogen) atoms. The topological polar surface area (TPSA) is 207 Å². The second-order valence-electron chi connectivity index (χ2n) is 12.6. The van der Waals surface area contributed by atoms with E-state index in [2.05, 4.69) is 31.9 Å². The van der Waals surface area contributed by atoms with Gasteiger partial charge in [-0.1, -0.05) is 24.3 Å². The summed E-state index contributed by atoms with van der Waals surface area (Å²) in [5, 5.41) is 25.0. The first-order valence-corrected chi connectivity index (χ1v) is 20.9. The number of pyridine rings is 1. The molecule has 0 bridgehead atoms. The fourth-order valence-corrected chi connectivity index (χ4v) is 8.70. The lowest BCUT2D eigenvalue weighted by Gasteiger charge is -2.35. The van der Waals surface area contributed by atoms with Gasteiger partial charge in [-0.15, -0.1) is 22.7 Å². The quantitative estimate of drug-likeness (QED) is 0.0748. The summed E-state index contributed by atoms with van der Waals surface area (Å²) in [5.74, 6) is -7.22. The largest absolute Gasteiger partial charge is 0.490 e. The van der Waals surface area contributed by atoms with E-state index in [1.54, 1.807) is 28.8 Å². The van der Waals surface area contributed by atoms with E-state index in [0.29, 0.717) is 23.1 Å². The minimum Gasteiger partial charge on any atom is -0.475 e. The van der Waals surface area contributed by atoms with Crippen LogP contribution in [0, 0.1) is 6.92 Å². The number of alkyl halides is 9. The number of thiophene rings is 1. The highest BCUT2D eigenvalue weighted by molar-refractivity contribution is 7.94.